The zero-order chi connectivity index (χ0) is 12.2. The lowest BCUT2D eigenvalue weighted by molar-refractivity contribution is -0.158. The monoisotopic (exact) mass is 236 g/mol. The Morgan fingerprint density at radius 1 is 1.50 bits per heavy atom. The van der Waals surface area contributed by atoms with Crippen molar-refractivity contribution in [1.29, 1.82) is 5.26 Å². The van der Waals surface area contributed by atoms with E-state index in [1.807, 2.05) is 0 Å². The minimum Gasteiger partial charge on any atom is -0.377 e. The molecule has 0 aromatic carbocycles. The van der Waals surface area contributed by atoms with Gasteiger partial charge in [0.1, 0.15) is 0 Å². The van der Waals surface area contributed by atoms with Crippen LogP contribution in [0, 0.1) is 17.2 Å². The number of methoxy groups -OCH3 is 1. The summed E-state index contributed by atoms with van der Waals surface area (Å²) >= 11 is 0. The highest BCUT2D eigenvalue weighted by atomic mass is 19.4. The average Bonchev–Trinajstić information content (AvgIpc) is 2.14. The minimum atomic E-state index is -4.46. The molecule has 0 radical (unpaired) electrons. The number of ether oxygens (including phenoxy) is 1. The van der Waals surface area contributed by atoms with Gasteiger partial charge in [-0.15, -0.1) is 0 Å². The Morgan fingerprint density at radius 2 is 2.12 bits per heavy atom. The van der Waals surface area contributed by atoms with Gasteiger partial charge in [0.05, 0.1) is 11.7 Å². The number of nitriles is 1. The summed E-state index contributed by atoms with van der Waals surface area (Å²) in [6.45, 7) is 0.00285. The molecule has 0 saturated heterocycles. The molecule has 92 valence electrons. The van der Waals surface area contributed by atoms with Crippen molar-refractivity contribution in [3.63, 3.8) is 0 Å². The molecule has 3 nitrogen and oxygen atoms in total. The van der Waals surface area contributed by atoms with Crippen molar-refractivity contribution in [2.45, 2.75) is 31.0 Å². The molecule has 0 aromatic rings. The van der Waals surface area contributed by atoms with Crippen LogP contribution in [0.2, 0.25) is 0 Å². The summed E-state index contributed by atoms with van der Waals surface area (Å²) in [5.41, 5.74) is -0.314. The Labute approximate surface area is 92.6 Å². The van der Waals surface area contributed by atoms with Gasteiger partial charge in [0.2, 0.25) is 0 Å². The van der Waals surface area contributed by atoms with Gasteiger partial charge in [-0.2, -0.15) is 18.4 Å². The summed E-state index contributed by atoms with van der Waals surface area (Å²) in [4.78, 5) is 0. The van der Waals surface area contributed by atoms with Gasteiger partial charge in [0, 0.05) is 20.2 Å². The van der Waals surface area contributed by atoms with E-state index in [0.29, 0.717) is 6.54 Å². The van der Waals surface area contributed by atoms with Crippen LogP contribution in [0.4, 0.5) is 13.2 Å². The number of hydrogen-bond acceptors (Lipinski definition) is 3. The van der Waals surface area contributed by atoms with E-state index >= 15 is 0 Å². The third-order valence-electron chi connectivity index (χ3n) is 3.04. The Kier molecular flexibility index (Phi) is 4.16. The van der Waals surface area contributed by atoms with Gasteiger partial charge in [-0.05, 0) is 19.3 Å². The fourth-order valence-corrected chi connectivity index (χ4v) is 1.70. The third kappa shape index (κ3) is 3.09. The average molecular weight is 236 g/mol. The second-order valence-electron chi connectivity index (χ2n) is 4.09. The second kappa shape index (κ2) is 5.02. The first-order chi connectivity index (χ1) is 7.43. The predicted octanol–water partition coefficient (Wildman–Crippen LogP) is 1.85. The van der Waals surface area contributed by atoms with Crippen LogP contribution in [-0.4, -0.2) is 32.0 Å². The third-order valence-corrected chi connectivity index (χ3v) is 3.04. The van der Waals surface area contributed by atoms with E-state index in [9.17, 15) is 13.2 Å². The van der Waals surface area contributed by atoms with Crippen LogP contribution in [0.3, 0.4) is 0 Å². The van der Waals surface area contributed by atoms with Gasteiger partial charge < -0.3 is 10.1 Å². The number of hydrogen-bond donors (Lipinski definition) is 1. The molecule has 6 heteroatoms. The molecule has 0 aliphatic heterocycles. The maximum absolute atomic E-state index is 12.2. The molecule has 0 amide bonds. The van der Waals surface area contributed by atoms with Crippen molar-refractivity contribution >= 4 is 0 Å². The van der Waals surface area contributed by atoms with Gasteiger partial charge in [0.25, 0.3) is 0 Å². The first-order valence-electron chi connectivity index (χ1n) is 5.16. The van der Waals surface area contributed by atoms with Crippen LogP contribution in [-0.2, 0) is 4.74 Å². The summed E-state index contributed by atoms with van der Waals surface area (Å²) in [5.74, 6) is -1.94. The van der Waals surface area contributed by atoms with Gasteiger partial charge in [-0.25, -0.2) is 0 Å². The number of nitrogens with zero attached hydrogens (tertiary/aromatic N) is 1. The van der Waals surface area contributed by atoms with Crippen molar-refractivity contribution in [1.82, 2.24) is 5.32 Å². The van der Waals surface area contributed by atoms with Gasteiger partial charge >= 0.3 is 6.18 Å². The molecular formula is C10H15F3N2O. The number of nitrogens with one attached hydrogen (secondary N) is 1. The number of alkyl halides is 3. The lowest BCUT2D eigenvalue weighted by atomic mass is 9.80. The predicted molar refractivity (Wildman–Crippen MR) is 51.6 cm³/mol. The van der Waals surface area contributed by atoms with Gasteiger partial charge in [0.15, 0.2) is 5.92 Å². The van der Waals surface area contributed by atoms with Gasteiger partial charge in [-0.3, -0.25) is 0 Å². The van der Waals surface area contributed by atoms with E-state index in [0.717, 1.165) is 19.3 Å². The summed E-state index contributed by atoms with van der Waals surface area (Å²) in [6.07, 6.45) is -1.70. The Morgan fingerprint density at radius 3 is 2.44 bits per heavy atom. The Hall–Kier alpha value is -0.800. The highest BCUT2D eigenvalue weighted by Crippen LogP contribution is 2.34. The molecule has 1 fully saturated rings. The Bertz CT molecular complexity index is 263. The van der Waals surface area contributed by atoms with Crippen molar-refractivity contribution in [2.24, 2.45) is 5.92 Å². The van der Waals surface area contributed by atoms with Crippen molar-refractivity contribution in [3.8, 4) is 6.07 Å². The maximum atomic E-state index is 12.2. The standard InChI is InChI=1S/C10H15F3N2O/c1-16-9(3-2-4-9)7-15-6-8(5-14)10(11,12)13/h8,15H,2-4,6-7H2,1H3. The molecule has 1 aliphatic rings. The molecule has 0 bridgehead atoms. The first kappa shape index (κ1) is 13.3. The largest absolute Gasteiger partial charge is 0.405 e. The lowest BCUT2D eigenvalue weighted by Crippen LogP contribution is -2.49. The molecule has 1 rings (SSSR count). The Balaban J connectivity index is 2.32. The zero-order valence-electron chi connectivity index (χ0n) is 9.10. The van der Waals surface area contributed by atoms with E-state index in [1.54, 1.807) is 7.11 Å². The molecule has 16 heavy (non-hydrogen) atoms. The molecular weight excluding hydrogens is 221 g/mol. The van der Waals surface area contributed by atoms with Crippen molar-refractivity contribution in [2.75, 3.05) is 20.2 Å². The molecule has 1 unspecified atom stereocenters. The highest BCUT2D eigenvalue weighted by molar-refractivity contribution is 4.94. The molecule has 1 saturated carbocycles. The molecule has 0 aromatic heterocycles. The normalized spacial score (nSPS) is 20.9. The summed E-state index contributed by atoms with van der Waals surface area (Å²) in [5, 5.41) is 11.0. The van der Waals surface area contributed by atoms with E-state index in [2.05, 4.69) is 5.32 Å². The summed E-state index contributed by atoms with van der Waals surface area (Å²) in [6, 6.07) is 1.25. The van der Waals surface area contributed by atoms with E-state index < -0.39 is 12.1 Å². The summed E-state index contributed by atoms with van der Waals surface area (Å²) in [7, 11) is 1.56. The first-order valence-corrected chi connectivity index (χ1v) is 5.16. The van der Waals surface area contributed by atoms with Crippen molar-refractivity contribution in [3.05, 3.63) is 0 Å². The minimum absolute atomic E-state index is 0.314. The second-order valence-corrected chi connectivity index (χ2v) is 4.09. The van der Waals surface area contributed by atoms with Crippen LogP contribution in [0.15, 0.2) is 0 Å². The van der Waals surface area contributed by atoms with Crippen LogP contribution >= 0.6 is 0 Å². The zero-order valence-corrected chi connectivity index (χ0v) is 9.10. The molecule has 1 atom stereocenters. The van der Waals surface area contributed by atoms with E-state index in [4.69, 9.17) is 10.00 Å². The molecule has 0 spiro atoms. The highest BCUT2D eigenvalue weighted by Gasteiger charge is 2.41. The molecule has 0 heterocycles. The fourth-order valence-electron chi connectivity index (χ4n) is 1.70. The summed E-state index contributed by atoms with van der Waals surface area (Å²) < 4.78 is 41.9. The lowest BCUT2D eigenvalue weighted by Gasteiger charge is -2.40. The fraction of sp³-hybridized carbons (Fsp3) is 0.900. The molecule has 1 N–H and O–H groups in total. The topological polar surface area (TPSA) is 45.0 Å². The van der Waals surface area contributed by atoms with Crippen LogP contribution < -0.4 is 5.32 Å². The number of rotatable bonds is 5. The smallest absolute Gasteiger partial charge is 0.377 e. The van der Waals surface area contributed by atoms with Crippen molar-refractivity contribution < 1.29 is 17.9 Å². The van der Waals surface area contributed by atoms with Crippen LogP contribution in [0.25, 0.3) is 0 Å². The van der Waals surface area contributed by atoms with Gasteiger partial charge in [-0.1, -0.05) is 0 Å². The quantitative estimate of drug-likeness (QED) is 0.792. The van der Waals surface area contributed by atoms with Crippen LogP contribution in [0.1, 0.15) is 19.3 Å². The number of halogens is 3. The van der Waals surface area contributed by atoms with E-state index in [-0.39, 0.29) is 12.1 Å². The van der Waals surface area contributed by atoms with Crippen LogP contribution in [0.5, 0.6) is 0 Å². The SMILES string of the molecule is COC1(CNCC(C#N)C(F)(F)F)CCC1. The van der Waals surface area contributed by atoms with E-state index in [1.165, 1.54) is 6.07 Å². The molecule has 1 aliphatic carbocycles. The maximum Gasteiger partial charge on any atom is 0.405 e.